The van der Waals surface area contributed by atoms with Gasteiger partial charge in [-0.25, -0.2) is 19.6 Å². The molecule has 10 heterocycles. The van der Waals surface area contributed by atoms with Crippen molar-refractivity contribution in [3.63, 3.8) is 0 Å². The maximum atomic E-state index is 13.9. The molecule has 0 saturated carbocycles. The van der Waals surface area contributed by atoms with E-state index in [9.17, 15) is 44.1 Å². The van der Waals surface area contributed by atoms with E-state index in [-0.39, 0.29) is 84.6 Å². The average Bonchev–Trinajstić information content (AvgIpc) is 1.61. The Hall–Kier alpha value is -9.23. The molecule has 16 bridgehead atoms. The van der Waals surface area contributed by atoms with Gasteiger partial charge >= 0.3 is 26.7 Å². The summed E-state index contributed by atoms with van der Waals surface area (Å²) in [4.78, 5) is 114. The molecule has 0 unspecified atom stereocenters. The maximum absolute atomic E-state index is 13.9. The third-order valence-corrected chi connectivity index (χ3v) is 34.0. The van der Waals surface area contributed by atoms with Gasteiger partial charge in [0.15, 0.2) is 25.0 Å². The SMILES string of the molecule is C=CC1=C(C)c2cc3nc(c(CC(=O)NCCCC)c4[nH]c(cc5[nH]c(cc1n2)c(C)c5CC)c(C)c4C(=O)O)[C@@H](CCC(=O)NCCC[Si](O[Si](C)(C)C)(O[Si](C)(C)C)O[Si](C)(C)C)[C@@H]3C.C=CC1=C(C)c2cc3nc(c(CC(=O)NCCCC)c4[nH]c(cc5[nH]c(cc1n2)c(C)c5CC)c(C)c4C(=O)O)[C@@H](CCC(=O)O)[C@@H]3C. The number of aromatic amines is 4. The molecule has 10 rings (SSSR count). The van der Waals surface area contributed by atoms with E-state index in [1.54, 1.807) is 19.9 Å². The monoisotopic (exact) mass is 1640 g/mol. The molecule has 0 fully saturated rings. The molecule has 4 aliphatic rings. The highest BCUT2D eigenvalue weighted by atomic mass is 28.5. The minimum atomic E-state index is -3.07. The zero-order valence-electron chi connectivity index (χ0n) is 71.7. The number of nitrogens with one attached hydrogen (secondary N) is 7. The lowest BCUT2D eigenvalue weighted by molar-refractivity contribution is -0.137. The van der Waals surface area contributed by atoms with Gasteiger partial charge < -0.3 is 63.6 Å². The van der Waals surface area contributed by atoms with Crippen LogP contribution in [0.3, 0.4) is 0 Å². The molecule has 6 aromatic rings. The molecule has 4 atom stereocenters. The van der Waals surface area contributed by atoms with Gasteiger partial charge in [0, 0.05) is 129 Å². The summed E-state index contributed by atoms with van der Waals surface area (Å²) in [6, 6.07) is 12.5. The fraction of sp³-hybridized carbons (Fsp3) is 0.477. The fourth-order valence-electron chi connectivity index (χ4n) is 16.3. The minimum Gasteiger partial charge on any atom is -0.481 e. The number of hydrogen-bond acceptors (Lipinski definition) is 13. The average molecular weight is 1640 g/mol. The number of rotatable bonds is 32. The Morgan fingerprint density at radius 2 is 0.826 bits per heavy atom. The molecule has 0 aromatic carbocycles. The van der Waals surface area contributed by atoms with Gasteiger partial charge in [0.1, 0.15) is 0 Å². The summed E-state index contributed by atoms with van der Waals surface area (Å²) in [6.07, 6.45) is 9.76. The highest BCUT2D eigenvalue weighted by Crippen LogP contribution is 2.46. The van der Waals surface area contributed by atoms with Crippen LogP contribution in [0.15, 0.2) is 61.7 Å². The first-order chi connectivity index (χ1) is 54.1. The fourth-order valence-corrected chi connectivity index (χ4v) is 30.9. The summed E-state index contributed by atoms with van der Waals surface area (Å²) < 4.78 is 20.6. The molecule has 0 radical (unpaired) electrons. The summed E-state index contributed by atoms with van der Waals surface area (Å²) in [5.41, 5.74) is 21.2. The maximum Gasteiger partial charge on any atom is 0.469 e. The van der Waals surface area contributed by atoms with Gasteiger partial charge in [-0.15, -0.1) is 0 Å². The first kappa shape index (κ1) is 89.7. The molecular weight excluding hydrogens is 1520 g/mol. The van der Waals surface area contributed by atoms with Gasteiger partial charge in [-0.1, -0.05) is 79.7 Å². The highest BCUT2D eigenvalue weighted by molar-refractivity contribution is 6.90. The molecule has 6 aromatic heterocycles. The number of carboxylic acids is 3. The Labute approximate surface area is 681 Å². The summed E-state index contributed by atoms with van der Waals surface area (Å²) in [7, 11) is -9.25. The van der Waals surface area contributed by atoms with Gasteiger partial charge in [-0.05, 0) is 226 Å². The van der Waals surface area contributed by atoms with Crippen LogP contribution < -0.4 is 16.0 Å². The van der Waals surface area contributed by atoms with Crippen molar-refractivity contribution in [2.75, 3.05) is 19.6 Å². The first-order valence-corrected chi connectivity index (χ1v) is 53.0. The number of aliphatic carboxylic acids is 1. The second kappa shape index (κ2) is 37.4. The van der Waals surface area contributed by atoms with Crippen molar-refractivity contribution in [1.29, 1.82) is 0 Å². The van der Waals surface area contributed by atoms with Gasteiger partial charge in [0.2, 0.25) is 17.7 Å². The Morgan fingerprint density at radius 1 is 0.461 bits per heavy atom. The molecular formula is C88H123N11O12Si4. The van der Waals surface area contributed by atoms with E-state index in [0.29, 0.717) is 99.9 Å². The Morgan fingerprint density at radius 3 is 1.17 bits per heavy atom. The molecule has 23 nitrogen and oxygen atoms in total. The molecule has 4 aliphatic heterocycles. The molecule has 0 spiro atoms. The quantitative estimate of drug-likeness (QED) is 0.0139. The van der Waals surface area contributed by atoms with E-state index < -0.39 is 51.7 Å². The van der Waals surface area contributed by atoms with Crippen molar-refractivity contribution >= 4 is 136 Å². The summed E-state index contributed by atoms with van der Waals surface area (Å²) in [6.45, 7) is 53.3. The van der Waals surface area contributed by atoms with Crippen molar-refractivity contribution in [2.24, 2.45) is 0 Å². The molecule has 3 amide bonds. The molecule has 115 heavy (non-hydrogen) atoms. The number of aryl methyl sites for hydroxylation is 6. The zero-order valence-corrected chi connectivity index (χ0v) is 75.7. The van der Waals surface area contributed by atoms with Crippen LogP contribution in [0.2, 0.25) is 65.0 Å². The number of aromatic carboxylic acids is 2. The second-order valence-electron chi connectivity index (χ2n) is 34.0. The minimum absolute atomic E-state index is 0.0631. The summed E-state index contributed by atoms with van der Waals surface area (Å²) >= 11 is 0. The number of nitrogens with zero attached hydrogens (tertiary/aromatic N) is 4. The van der Waals surface area contributed by atoms with Crippen LogP contribution in [-0.2, 0) is 57.2 Å². The van der Waals surface area contributed by atoms with Gasteiger partial charge in [0.25, 0.3) is 0 Å². The lowest BCUT2D eigenvalue weighted by atomic mass is 9.84. The van der Waals surface area contributed by atoms with Gasteiger partial charge in [-0.3, -0.25) is 29.1 Å². The third-order valence-electron chi connectivity index (χ3n) is 22.0. The Bertz CT molecular complexity index is 5180. The first-order valence-electron chi connectivity index (χ1n) is 40.9. The largest absolute Gasteiger partial charge is 0.481 e. The molecule has 0 saturated heterocycles. The van der Waals surface area contributed by atoms with Crippen LogP contribution in [0.5, 0.6) is 0 Å². The number of carboxylic acid groups (broad SMARTS) is 3. The number of amides is 3. The number of aromatic nitrogens is 8. The van der Waals surface area contributed by atoms with Crippen LogP contribution in [0, 0.1) is 27.7 Å². The number of hydrogen-bond donors (Lipinski definition) is 10. The number of fused-ring (bicyclic) bond motifs is 16. The number of allylic oxidation sites excluding steroid dienone is 6. The van der Waals surface area contributed by atoms with E-state index in [0.717, 1.165) is 134 Å². The van der Waals surface area contributed by atoms with Crippen molar-refractivity contribution < 1.29 is 56.4 Å². The summed E-state index contributed by atoms with van der Waals surface area (Å²) in [5.74, 6) is -4.89. The smallest absolute Gasteiger partial charge is 0.469 e. The molecule has 10 N–H and O–H groups in total. The van der Waals surface area contributed by atoms with Gasteiger partial charge in [0.05, 0.1) is 69.2 Å². The van der Waals surface area contributed by atoms with E-state index >= 15 is 0 Å². The van der Waals surface area contributed by atoms with Crippen LogP contribution in [0.4, 0.5) is 0 Å². The molecule has 0 aliphatic carbocycles. The van der Waals surface area contributed by atoms with Crippen LogP contribution in [-0.4, -0.2) is 144 Å². The van der Waals surface area contributed by atoms with Crippen LogP contribution in [0.1, 0.15) is 248 Å². The van der Waals surface area contributed by atoms with Crippen molar-refractivity contribution in [2.45, 2.75) is 255 Å². The molecule has 618 valence electrons. The Balaban J connectivity index is 0.000000277. The Kier molecular flexibility index (Phi) is 29.1. The number of carbonyl (C=O) groups excluding carboxylic acids is 3. The zero-order chi connectivity index (χ0) is 84.7. The van der Waals surface area contributed by atoms with Crippen LogP contribution in [0.25, 0.3) is 66.4 Å². The van der Waals surface area contributed by atoms with Crippen molar-refractivity contribution in [3.8, 4) is 0 Å². The van der Waals surface area contributed by atoms with E-state index in [2.05, 4.69) is 156 Å². The highest BCUT2D eigenvalue weighted by Gasteiger charge is 2.50. The normalized spacial score (nSPS) is 15.8. The number of carbonyl (C=O) groups is 6. The van der Waals surface area contributed by atoms with Crippen molar-refractivity contribution in [3.05, 3.63) is 163 Å². The van der Waals surface area contributed by atoms with E-state index in [1.165, 1.54) is 0 Å². The molecule has 27 heteroatoms. The van der Waals surface area contributed by atoms with Crippen LogP contribution >= 0.6 is 0 Å². The standard InChI is InChI=1S/C50H78N6O7Si4.C38H45N5O5/c1-17-20-24-52-46(58)27-38-48-37(22-23-45(57)51-25-21-26-67(61-64(8,9)10,62-65(11,12)13)63-66(14,15)16)33(6)41(55-48)28-39-31(4)35(18-2)43(53-39)29-40-32(5)36(19-3)44(54-40)30-42-34(7)47(50(59)60)49(38)56-42;1-8-11-14-39-33(44)15-26-36-25(12-13-34(45)46)21(6)29(42-36)16-27-19(4)23(9-2)31(40-27)17-28-20(5)24(10-3)32(41-28)18-30-22(7)35(38(47)48)37(26)43-30/h18,28-30,33,37,54,56H,2,17,19-27H2,1,3-16H3,(H,51,57)(H,52,58)(H,59,60);9,16-18,21,25,41,43H,2,8,10-15H2,1,3-7H3,(H,39,44)(H,45,46)(H,47,48)/t33-,37-;21-,25-/m00/s1. The predicted octanol–water partition coefficient (Wildman–Crippen LogP) is 19.0. The lowest BCUT2D eigenvalue weighted by Crippen LogP contribution is -2.60. The van der Waals surface area contributed by atoms with Crippen molar-refractivity contribution in [1.82, 2.24) is 55.8 Å². The topological polar surface area (TPSA) is 342 Å². The summed E-state index contributed by atoms with van der Waals surface area (Å²) in [5, 5.41) is 40.4. The van der Waals surface area contributed by atoms with Gasteiger partial charge in [-0.2, -0.15) is 0 Å². The van der Waals surface area contributed by atoms with E-state index in [1.807, 2.05) is 64.1 Å². The predicted molar refractivity (Wildman–Crippen MR) is 472 cm³/mol. The third kappa shape index (κ3) is 21.1. The number of unbranched alkanes of at least 4 members (excludes halogenated alkanes) is 2. The second-order valence-corrected chi connectivity index (χ2v) is 51.0. The lowest BCUT2D eigenvalue weighted by Gasteiger charge is -2.43. The number of H-pyrrole nitrogens is 4. The van der Waals surface area contributed by atoms with E-state index in [4.69, 9.17) is 32.3 Å².